The van der Waals surface area contributed by atoms with Gasteiger partial charge in [0.2, 0.25) is 0 Å². The Labute approximate surface area is 143 Å². The maximum Gasteiger partial charge on any atom is 0.256 e. The number of rotatable bonds is 4. The largest absolute Gasteiger partial charge is 0.336 e. The van der Waals surface area contributed by atoms with Gasteiger partial charge in [-0.15, -0.1) is 11.8 Å². The smallest absolute Gasteiger partial charge is 0.256 e. The van der Waals surface area contributed by atoms with Crippen LogP contribution in [0.3, 0.4) is 0 Å². The second kappa shape index (κ2) is 6.52. The molecule has 1 aliphatic heterocycles. The van der Waals surface area contributed by atoms with Crippen LogP contribution in [0.2, 0.25) is 0 Å². The molecule has 1 amide bonds. The average Bonchev–Trinajstić information content (AvgIpc) is 2.53. The minimum atomic E-state index is -3.56. The van der Waals surface area contributed by atoms with E-state index in [0.29, 0.717) is 10.6 Å². The van der Waals surface area contributed by atoms with Gasteiger partial charge in [-0.2, -0.15) is 0 Å². The van der Waals surface area contributed by atoms with Crippen LogP contribution in [0.4, 0.5) is 4.39 Å². The van der Waals surface area contributed by atoms with Gasteiger partial charge in [0, 0.05) is 19.3 Å². The third-order valence-corrected chi connectivity index (χ3v) is 6.73. The summed E-state index contributed by atoms with van der Waals surface area (Å²) in [5.41, 5.74) is 0.475. The number of nitrogens with zero attached hydrogens (tertiary/aromatic N) is 2. The van der Waals surface area contributed by atoms with Gasteiger partial charge >= 0.3 is 0 Å². The third kappa shape index (κ3) is 3.03. The van der Waals surface area contributed by atoms with Crippen LogP contribution >= 0.6 is 11.8 Å². The highest BCUT2D eigenvalue weighted by Crippen LogP contribution is 2.27. The van der Waals surface area contributed by atoms with Crippen LogP contribution in [-0.4, -0.2) is 48.8 Å². The number of benzene rings is 1. The summed E-state index contributed by atoms with van der Waals surface area (Å²) in [4.78, 5) is 18.2. The Hall–Kier alpha value is -1.93. The molecule has 1 fully saturated rings. The number of pyridine rings is 1. The van der Waals surface area contributed by atoms with Crippen LogP contribution in [0, 0.1) is 5.82 Å². The number of amides is 1. The van der Waals surface area contributed by atoms with Crippen molar-refractivity contribution in [2.45, 2.75) is 15.2 Å². The lowest BCUT2D eigenvalue weighted by atomic mass is 10.1. The predicted octanol–water partition coefficient (Wildman–Crippen LogP) is 2.24. The molecule has 0 aliphatic carbocycles. The minimum absolute atomic E-state index is 0.0761. The highest BCUT2D eigenvalue weighted by molar-refractivity contribution is 7.98. The lowest BCUT2D eigenvalue weighted by molar-refractivity contribution is 0.0654. The number of hydrogen-bond acceptors (Lipinski definition) is 5. The minimum Gasteiger partial charge on any atom is -0.336 e. The molecule has 0 unspecified atom stereocenters. The number of sulfone groups is 1. The van der Waals surface area contributed by atoms with Gasteiger partial charge in [-0.3, -0.25) is 4.79 Å². The van der Waals surface area contributed by atoms with Crippen LogP contribution < -0.4 is 0 Å². The summed E-state index contributed by atoms with van der Waals surface area (Å²) < 4.78 is 37.9. The van der Waals surface area contributed by atoms with E-state index >= 15 is 0 Å². The molecule has 2 aromatic rings. The van der Waals surface area contributed by atoms with Crippen LogP contribution in [-0.2, 0) is 9.84 Å². The molecule has 0 spiro atoms. The lowest BCUT2D eigenvalue weighted by Gasteiger charge is -2.38. The summed E-state index contributed by atoms with van der Waals surface area (Å²) in [7, 11) is -3.56. The van der Waals surface area contributed by atoms with Crippen molar-refractivity contribution in [2.24, 2.45) is 0 Å². The lowest BCUT2D eigenvalue weighted by Crippen LogP contribution is -2.56. The van der Waals surface area contributed by atoms with Gasteiger partial charge in [0.15, 0.2) is 9.84 Å². The molecule has 8 heteroatoms. The van der Waals surface area contributed by atoms with Crippen molar-refractivity contribution in [3.8, 4) is 0 Å². The van der Waals surface area contributed by atoms with E-state index in [-0.39, 0.29) is 23.9 Å². The van der Waals surface area contributed by atoms with Gasteiger partial charge in [-0.25, -0.2) is 17.8 Å². The van der Waals surface area contributed by atoms with Crippen LogP contribution in [0.15, 0.2) is 52.5 Å². The summed E-state index contributed by atoms with van der Waals surface area (Å²) in [6, 6.07) is 8.11. The molecule has 0 bridgehead atoms. The van der Waals surface area contributed by atoms with Crippen molar-refractivity contribution in [3.63, 3.8) is 0 Å². The third-order valence-electron chi connectivity index (χ3n) is 3.91. The van der Waals surface area contributed by atoms with E-state index in [1.54, 1.807) is 18.3 Å². The van der Waals surface area contributed by atoms with Gasteiger partial charge in [0.05, 0.1) is 10.5 Å². The van der Waals surface area contributed by atoms with E-state index < -0.39 is 20.9 Å². The van der Waals surface area contributed by atoms with E-state index in [9.17, 15) is 17.6 Å². The van der Waals surface area contributed by atoms with E-state index in [4.69, 9.17) is 0 Å². The molecule has 1 aromatic heterocycles. The number of carbonyl (C=O) groups excluding carboxylic acids is 1. The van der Waals surface area contributed by atoms with Crippen LogP contribution in [0.5, 0.6) is 0 Å². The molecule has 0 N–H and O–H groups in total. The highest BCUT2D eigenvalue weighted by atomic mass is 32.2. The molecule has 0 radical (unpaired) electrons. The van der Waals surface area contributed by atoms with Gasteiger partial charge < -0.3 is 4.90 Å². The van der Waals surface area contributed by atoms with Gasteiger partial charge in [-0.05, 0) is 42.7 Å². The molecular weight excluding hydrogens is 351 g/mol. The standard InChI is InChI=1S/C16H15FN2O3S2/c1-23-15-14(3-2-8-18-15)16(20)19-9-13(10-19)24(21,22)12-6-4-11(17)5-7-12/h2-8,13H,9-10H2,1H3. The first-order valence-electron chi connectivity index (χ1n) is 7.21. The van der Waals surface area contributed by atoms with E-state index in [1.165, 1.54) is 28.8 Å². The maximum atomic E-state index is 12.9. The second-order valence-corrected chi connectivity index (χ2v) is 8.41. The fourth-order valence-corrected chi connectivity index (χ4v) is 4.70. The molecule has 24 heavy (non-hydrogen) atoms. The average molecular weight is 366 g/mol. The van der Waals surface area contributed by atoms with Crippen LogP contribution in [0.1, 0.15) is 10.4 Å². The summed E-state index contributed by atoms with van der Waals surface area (Å²) in [6.45, 7) is 0.252. The Balaban J connectivity index is 1.73. The number of likely N-dealkylation sites (tertiary alicyclic amines) is 1. The van der Waals surface area contributed by atoms with Crippen molar-refractivity contribution < 1.29 is 17.6 Å². The van der Waals surface area contributed by atoms with Crippen molar-refractivity contribution in [3.05, 3.63) is 54.0 Å². The Morgan fingerprint density at radius 3 is 2.54 bits per heavy atom. The van der Waals surface area contributed by atoms with Crippen LogP contribution in [0.25, 0.3) is 0 Å². The molecule has 5 nitrogen and oxygen atoms in total. The molecular formula is C16H15FN2O3S2. The number of halogens is 1. The van der Waals surface area contributed by atoms with Gasteiger partial charge in [-0.1, -0.05) is 0 Å². The molecule has 3 rings (SSSR count). The topological polar surface area (TPSA) is 67.3 Å². The van der Waals surface area contributed by atoms with Gasteiger partial charge in [0.25, 0.3) is 5.91 Å². The maximum absolute atomic E-state index is 12.9. The monoisotopic (exact) mass is 366 g/mol. The molecule has 1 aliphatic rings. The summed E-state index contributed by atoms with van der Waals surface area (Å²) >= 11 is 1.37. The van der Waals surface area contributed by atoms with Crippen molar-refractivity contribution in [1.82, 2.24) is 9.88 Å². The zero-order valence-corrected chi connectivity index (χ0v) is 14.5. The fraction of sp³-hybridized carbons (Fsp3) is 0.250. The zero-order valence-electron chi connectivity index (χ0n) is 12.8. The van der Waals surface area contributed by atoms with Crippen molar-refractivity contribution >= 4 is 27.5 Å². The Morgan fingerprint density at radius 2 is 1.92 bits per heavy atom. The molecule has 0 atom stereocenters. The molecule has 1 saturated heterocycles. The number of hydrogen-bond donors (Lipinski definition) is 0. The number of carbonyl (C=O) groups is 1. The van der Waals surface area contributed by atoms with Crippen molar-refractivity contribution in [2.75, 3.05) is 19.3 Å². The summed E-state index contributed by atoms with van der Waals surface area (Å²) in [5.74, 6) is -0.710. The number of aromatic nitrogens is 1. The SMILES string of the molecule is CSc1ncccc1C(=O)N1CC(S(=O)(=O)c2ccc(F)cc2)C1. The van der Waals surface area contributed by atoms with E-state index in [2.05, 4.69) is 4.98 Å². The Bertz CT molecular complexity index is 863. The molecule has 0 saturated carbocycles. The summed E-state index contributed by atoms with van der Waals surface area (Å²) in [6.07, 6.45) is 3.44. The molecule has 2 heterocycles. The zero-order chi connectivity index (χ0) is 17.3. The normalized spacial score (nSPS) is 15.2. The van der Waals surface area contributed by atoms with Crippen molar-refractivity contribution in [1.29, 1.82) is 0 Å². The Kier molecular flexibility index (Phi) is 4.60. The van der Waals surface area contributed by atoms with E-state index in [0.717, 1.165) is 12.1 Å². The molecule has 126 valence electrons. The first kappa shape index (κ1) is 16.9. The fourth-order valence-electron chi connectivity index (χ4n) is 2.50. The first-order chi connectivity index (χ1) is 11.4. The quantitative estimate of drug-likeness (QED) is 0.613. The summed E-state index contributed by atoms with van der Waals surface area (Å²) in [5, 5.41) is -0.0475. The highest BCUT2D eigenvalue weighted by Gasteiger charge is 2.41. The second-order valence-electron chi connectivity index (χ2n) is 5.39. The Morgan fingerprint density at radius 1 is 1.25 bits per heavy atom. The molecule has 1 aromatic carbocycles. The van der Waals surface area contributed by atoms with E-state index in [1.807, 2.05) is 6.26 Å². The predicted molar refractivity (Wildman–Crippen MR) is 89.3 cm³/mol. The van der Waals surface area contributed by atoms with Gasteiger partial charge in [0.1, 0.15) is 16.1 Å². The number of thioether (sulfide) groups is 1. The first-order valence-corrected chi connectivity index (χ1v) is 9.98.